The summed E-state index contributed by atoms with van der Waals surface area (Å²) in [6, 6.07) is 5.00. The number of benzene rings is 2. The van der Waals surface area contributed by atoms with Gasteiger partial charge in [0.25, 0.3) is 0 Å². The SMILES string of the molecule is CCOC(=O)CCNC1=NC[C@@H](c2c(F)cc(OC)cc2F)[C@@H]1N(C(N)=O)c1ccc(F)cc1. The number of carbonyl (C=O) groups is 2. The summed E-state index contributed by atoms with van der Waals surface area (Å²) in [4.78, 5) is 29.7. The minimum atomic E-state index is -1.05. The van der Waals surface area contributed by atoms with Crippen LogP contribution in [0.2, 0.25) is 0 Å². The second kappa shape index (κ2) is 10.9. The van der Waals surface area contributed by atoms with Gasteiger partial charge in [0.15, 0.2) is 0 Å². The quantitative estimate of drug-likeness (QED) is 0.567. The van der Waals surface area contributed by atoms with Crippen molar-refractivity contribution in [2.45, 2.75) is 25.3 Å². The number of anilines is 1. The molecule has 34 heavy (non-hydrogen) atoms. The molecule has 0 saturated heterocycles. The summed E-state index contributed by atoms with van der Waals surface area (Å²) >= 11 is 0. The molecule has 2 aromatic carbocycles. The first kappa shape index (κ1) is 24.9. The van der Waals surface area contributed by atoms with Crippen molar-refractivity contribution in [3.8, 4) is 5.75 Å². The lowest BCUT2D eigenvalue weighted by molar-refractivity contribution is -0.142. The molecule has 0 fully saturated rings. The summed E-state index contributed by atoms with van der Waals surface area (Å²) < 4.78 is 53.3. The maximum Gasteiger partial charge on any atom is 0.319 e. The van der Waals surface area contributed by atoms with E-state index in [0.717, 1.165) is 29.2 Å². The zero-order chi connectivity index (χ0) is 24.8. The van der Waals surface area contributed by atoms with E-state index in [4.69, 9.17) is 15.2 Å². The lowest BCUT2D eigenvalue weighted by Crippen LogP contribution is -2.53. The lowest BCUT2D eigenvalue weighted by Gasteiger charge is -2.33. The van der Waals surface area contributed by atoms with Crippen LogP contribution in [-0.4, -0.2) is 50.7 Å². The Morgan fingerprint density at radius 2 is 1.82 bits per heavy atom. The van der Waals surface area contributed by atoms with Crippen LogP contribution in [-0.2, 0) is 9.53 Å². The molecule has 2 amide bonds. The average Bonchev–Trinajstić information content (AvgIpc) is 3.17. The monoisotopic (exact) mass is 478 g/mol. The van der Waals surface area contributed by atoms with Crippen LogP contribution in [0, 0.1) is 17.5 Å². The number of primary amides is 1. The van der Waals surface area contributed by atoms with Crippen molar-refractivity contribution in [2.24, 2.45) is 10.7 Å². The van der Waals surface area contributed by atoms with Crippen molar-refractivity contribution in [3.63, 3.8) is 0 Å². The number of amidine groups is 1. The van der Waals surface area contributed by atoms with E-state index < -0.39 is 41.4 Å². The fourth-order valence-electron chi connectivity index (χ4n) is 3.88. The molecule has 0 bridgehead atoms. The number of rotatable bonds is 8. The largest absolute Gasteiger partial charge is 0.497 e. The van der Waals surface area contributed by atoms with Gasteiger partial charge in [-0.3, -0.25) is 14.7 Å². The number of hydrogen-bond acceptors (Lipinski definition) is 6. The van der Waals surface area contributed by atoms with Crippen molar-refractivity contribution in [1.29, 1.82) is 0 Å². The van der Waals surface area contributed by atoms with Crippen molar-refractivity contribution < 1.29 is 32.2 Å². The minimum absolute atomic E-state index is 0.00260. The molecule has 1 aliphatic heterocycles. The molecule has 0 aromatic heterocycles. The van der Waals surface area contributed by atoms with Crippen LogP contribution in [0.3, 0.4) is 0 Å². The lowest BCUT2D eigenvalue weighted by atomic mass is 9.90. The Kier molecular flexibility index (Phi) is 7.98. The van der Waals surface area contributed by atoms with Gasteiger partial charge in [-0.05, 0) is 31.2 Å². The zero-order valence-electron chi connectivity index (χ0n) is 18.7. The first-order valence-corrected chi connectivity index (χ1v) is 10.6. The summed E-state index contributed by atoms with van der Waals surface area (Å²) in [7, 11) is 1.28. The maximum atomic E-state index is 15.0. The highest BCUT2D eigenvalue weighted by molar-refractivity contribution is 6.03. The summed E-state index contributed by atoms with van der Waals surface area (Å²) in [5, 5.41) is 2.95. The highest BCUT2D eigenvalue weighted by Crippen LogP contribution is 2.36. The van der Waals surface area contributed by atoms with Crippen LogP contribution in [0.1, 0.15) is 24.8 Å². The second-order valence-corrected chi connectivity index (χ2v) is 7.45. The molecule has 2 aromatic rings. The third-order valence-corrected chi connectivity index (χ3v) is 5.34. The van der Waals surface area contributed by atoms with E-state index in [2.05, 4.69) is 10.3 Å². The van der Waals surface area contributed by atoms with Crippen LogP contribution in [0.25, 0.3) is 0 Å². The predicted octanol–water partition coefficient (Wildman–Crippen LogP) is 3.10. The Balaban J connectivity index is 2.00. The molecule has 3 N–H and O–H groups in total. The molecule has 8 nitrogen and oxygen atoms in total. The number of nitrogens with one attached hydrogen (secondary N) is 1. The van der Waals surface area contributed by atoms with Crippen LogP contribution in [0.15, 0.2) is 41.4 Å². The smallest absolute Gasteiger partial charge is 0.319 e. The number of carbonyl (C=O) groups excluding carboxylic acids is 2. The third kappa shape index (κ3) is 5.41. The molecule has 1 aliphatic rings. The van der Waals surface area contributed by atoms with Gasteiger partial charge >= 0.3 is 12.0 Å². The molecule has 0 spiro atoms. The van der Waals surface area contributed by atoms with Crippen molar-refractivity contribution >= 4 is 23.5 Å². The molecule has 11 heteroatoms. The van der Waals surface area contributed by atoms with E-state index in [9.17, 15) is 22.8 Å². The Hall–Kier alpha value is -3.76. The number of urea groups is 1. The van der Waals surface area contributed by atoms with Gasteiger partial charge < -0.3 is 20.5 Å². The van der Waals surface area contributed by atoms with Gasteiger partial charge in [-0.1, -0.05) is 0 Å². The van der Waals surface area contributed by atoms with Crippen LogP contribution in [0.5, 0.6) is 5.75 Å². The van der Waals surface area contributed by atoms with Gasteiger partial charge in [-0.15, -0.1) is 0 Å². The first-order valence-electron chi connectivity index (χ1n) is 10.6. The fourth-order valence-corrected chi connectivity index (χ4v) is 3.88. The highest BCUT2D eigenvalue weighted by atomic mass is 19.1. The van der Waals surface area contributed by atoms with E-state index in [1.807, 2.05) is 0 Å². The Bertz CT molecular complexity index is 1060. The predicted molar refractivity (Wildman–Crippen MR) is 119 cm³/mol. The van der Waals surface area contributed by atoms with Gasteiger partial charge in [0, 0.05) is 35.8 Å². The van der Waals surface area contributed by atoms with Gasteiger partial charge in [-0.2, -0.15) is 0 Å². The zero-order valence-corrected chi connectivity index (χ0v) is 18.7. The van der Waals surface area contributed by atoms with Crippen molar-refractivity contribution in [2.75, 3.05) is 31.7 Å². The molecule has 0 aliphatic carbocycles. The highest BCUT2D eigenvalue weighted by Gasteiger charge is 2.42. The first-order chi connectivity index (χ1) is 16.3. The topological polar surface area (TPSA) is 106 Å². The van der Waals surface area contributed by atoms with Crippen molar-refractivity contribution in [1.82, 2.24) is 5.32 Å². The van der Waals surface area contributed by atoms with Gasteiger partial charge in [0.1, 0.15) is 35.1 Å². The molecule has 182 valence electrons. The van der Waals surface area contributed by atoms with E-state index in [1.54, 1.807) is 6.92 Å². The summed E-state index contributed by atoms with van der Waals surface area (Å²) in [6.45, 7) is 1.93. The molecule has 0 saturated carbocycles. The second-order valence-electron chi connectivity index (χ2n) is 7.45. The Labute approximate surface area is 194 Å². The maximum absolute atomic E-state index is 15.0. The summed E-state index contributed by atoms with van der Waals surface area (Å²) in [6.07, 6.45) is 0.00260. The van der Waals surface area contributed by atoms with Crippen molar-refractivity contribution in [3.05, 3.63) is 59.4 Å². The molecule has 1 heterocycles. The number of nitrogens with zero attached hydrogens (tertiary/aromatic N) is 2. The third-order valence-electron chi connectivity index (χ3n) is 5.34. The normalized spacial score (nSPS) is 17.1. The molecule has 0 unspecified atom stereocenters. The fraction of sp³-hybridized carbons (Fsp3) is 0.348. The van der Waals surface area contributed by atoms with E-state index in [0.29, 0.717) is 0 Å². The van der Waals surface area contributed by atoms with E-state index >= 15 is 0 Å². The van der Waals surface area contributed by atoms with Gasteiger partial charge in [0.05, 0.1) is 26.7 Å². The summed E-state index contributed by atoms with van der Waals surface area (Å²) in [5.74, 6) is -3.51. The minimum Gasteiger partial charge on any atom is -0.497 e. The number of ether oxygens (including phenoxy) is 2. The van der Waals surface area contributed by atoms with Crippen LogP contribution >= 0.6 is 0 Å². The molecule has 3 rings (SSSR count). The van der Waals surface area contributed by atoms with Crippen LogP contribution in [0.4, 0.5) is 23.7 Å². The van der Waals surface area contributed by atoms with E-state index in [1.165, 1.54) is 19.2 Å². The summed E-state index contributed by atoms with van der Waals surface area (Å²) in [5.41, 5.74) is 5.56. The number of halogens is 3. The van der Waals surface area contributed by atoms with E-state index in [-0.39, 0.29) is 49.0 Å². The Morgan fingerprint density at radius 3 is 2.38 bits per heavy atom. The number of nitrogens with two attached hydrogens (primary N) is 1. The molecular formula is C23H25F3N4O4. The molecule has 2 atom stereocenters. The van der Waals surface area contributed by atoms with Gasteiger partial charge in [0.2, 0.25) is 0 Å². The Morgan fingerprint density at radius 1 is 1.18 bits per heavy atom. The van der Waals surface area contributed by atoms with Gasteiger partial charge in [-0.25, -0.2) is 18.0 Å². The number of amides is 2. The number of aliphatic imine (C=N–C) groups is 1. The number of methoxy groups -OCH3 is 1. The molecule has 0 radical (unpaired) electrons. The standard InChI is InChI=1S/C23H25F3N4O4/c1-3-34-19(31)8-9-28-22-21(30(23(27)32)14-6-4-13(24)5-7-14)16(12-29-22)20-17(25)10-15(33-2)11-18(20)26/h4-7,10-11,16,21H,3,8-9,12H2,1-2H3,(H2,27,32)(H,28,29)/t16-,21-/m0/s1. The number of hydrogen-bond donors (Lipinski definition) is 2. The molecular weight excluding hydrogens is 453 g/mol. The van der Waals surface area contributed by atoms with Crippen LogP contribution < -0.4 is 20.7 Å². The average molecular weight is 478 g/mol. The number of esters is 1.